The molecule has 0 aliphatic rings. The summed E-state index contributed by atoms with van der Waals surface area (Å²) in [4.78, 5) is 0. The van der Waals surface area contributed by atoms with E-state index in [1.807, 2.05) is 19.1 Å². The van der Waals surface area contributed by atoms with Gasteiger partial charge in [0.05, 0.1) is 18.2 Å². The van der Waals surface area contributed by atoms with Crippen LogP contribution >= 0.6 is 27.5 Å². The van der Waals surface area contributed by atoms with Crippen molar-refractivity contribution in [3.63, 3.8) is 0 Å². The Balaban J connectivity index is 2.45. The first-order valence-electron chi connectivity index (χ1n) is 6.58. The summed E-state index contributed by atoms with van der Waals surface area (Å²) >= 11 is 9.45. The molecule has 5 heteroatoms. The first-order chi connectivity index (χ1) is 10.1. The number of ether oxygens (including phenoxy) is 1. The molecule has 21 heavy (non-hydrogen) atoms. The monoisotopic (exact) mass is 371 g/mol. The average Bonchev–Trinajstić information content (AvgIpc) is 2.45. The van der Waals surface area contributed by atoms with Crippen LogP contribution in [0.3, 0.4) is 0 Å². The lowest BCUT2D eigenvalue weighted by Crippen LogP contribution is -2.23. The molecule has 1 atom stereocenters. The van der Waals surface area contributed by atoms with Crippen molar-refractivity contribution in [2.75, 3.05) is 13.7 Å². The van der Waals surface area contributed by atoms with Crippen LogP contribution in [-0.4, -0.2) is 13.7 Å². The normalized spacial score (nSPS) is 12.2. The Morgan fingerprint density at radius 1 is 1.29 bits per heavy atom. The molecule has 0 saturated carbocycles. The summed E-state index contributed by atoms with van der Waals surface area (Å²) in [6, 6.07) is 10.3. The van der Waals surface area contributed by atoms with Crippen molar-refractivity contribution < 1.29 is 9.13 Å². The Kier molecular flexibility index (Phi) is 5.62. The van der Waals surface area contributed by atoms with Gasteiger partial charge in [-0.1, -0.05) is 46.6 Å². The highest BCUT2D eigenvalue weighted by atomic mass is 79.9. The van der Waals surface area contributed by atoms with E-state index in [1.54, 1.807) is 25.3 Å². The van der Waals surface area contributed by atoms with Gasteiger partial charge in [0.25, 0.3) is 0 Å². The second kappa shape index (κ2) is 7.25. The van der Waals surface area contributed by atoms with Gasteiger partial charge in [-0.3, -0.25) is 0 Å². The lowest BCUT2D eigenvalue weighted by atomic mass is 9.98. The smallest absolute Gasteiger partial charge is 0.137 e. The lowest BCUT2D eigenvalue weighted by molar-refractivity contribution is 0.414. The van der Waals surface area contributed by atoms with Gasteiger partial charge < -0.3 is 10.1 Å². The van der Waals surface area contributed by atoms with Crippen molar-refractivity contribution in [3.05, 3.63) is 62.8 Å². The highest BCUT2D eigenvalue weighted by Gasteiger charge is 2.18. The maximum atomic E-state index is 14.2. The summed E-state index contributed by atoms with van der Waals surface area (Å²) in [7, 11) is 1.57. The Bertz CT molecular complexity index is 636. The summed E-state index contributed by atoms with van der Waals surface area (Å²) < 4.78 is 20.1. The number of halogens is 3. The fraction of sp³-hybridized carbons (Fsp3) is 0.250. The van der Waals surface area contributed by atoms with Crippen molar-refractivity contribution in [1.29, 1.82) is 0 Å². The number of methoxy groups -OCH3 is 1. The zero-order valence-electron chi connectivity index (χ0n) is 11.8. The second-order valence-electron chi connectivity index (χ2n) is 4.55. The van der Waals surface area contributed by atoms with Crippen LogP contribution < -0.4 is 10.1 Å². The number of nitrogens with one attached hydrogen (secondary N) is 1. The van der Waals surface area contributed by atoms with Crippen molar-refractivity contribution in [2.24, 2.45) is 0 Å². The molecule has 1 N–H and O–H groups in total. The summed E-state index contributed by atoms with van der Waals surface area (Å²) in [6.07, 6.45) is 0. The molecule has 2 nitrogen and oxygen atoms in total. The van der Waals surface area contributed by atoms with Gasteiger partial charge in [-0.05, 0) is 36.4 Å². The quantitative estimate of drug-likeness (QED) is 0.802. The Hall–Kier alpha value is -1.10. The standard InChI is InChI=1S/C16H16BrClFNO/c1-3-20-16(12-6-5-11(17)9-14(12)19)10-4-7-15(21-2)13(18)8-10/h4-9,16,20H,3H2,1-2H3. The van der Waals surface area contributed by atoms with Gasteiger partial charge in [-0.2, -0.15) is 0 Å². The summed E-state index contributed by atoms with van der Waals surface area (Å²) in [5.41, 5.74) is 1.48. The molecule has 0 heterocycles. The van der Waals surface area contributed by atoms with Crippen molar-refractivity contribution in [1.82, 2.24) is 5.32 Å². The molecule has 0 bridgehead atoms. The van der Waals surface area contributed by atoms with Gasteiger partial charge in [0.2, 0.25) is 0 Å². The minimum Gasteiger partial charge on any atom is -0.495 e. The van der Waals surface area contributed by atoms with E-state index in [-0.39, 0.29) is 11.9 Å². The molecule has 2 aromatic carbocycles. The van der Waals surface area contributed by atoms with Crippen LogP contribution in [-0.2, 0) is 0 Å². The van der Waals surface area contributed by atoms with Crippen LogP contribution in [0.15, 0.2) is 40.9 Å². The Morgan fingerprint density at radius 2 is 2.05 bits per heavy atom. The van der Waals surface area contributed by atoms with Crippen LogP contribution in [0.4, 0.5) is 4.39 Å². The van der Waals surface area contributed by atoms with E-state index in [0.29, 0.717) is 27.4 Å². The third-order valence-corrected chi connectivity index (χ3v) is 3.98. The van der Waals surface area contributed by atoms with Gasteiger partial charge >= 0.3 is 0 Å². The Morgan fingerprint density at radius 3 is 2.62 bits per heavy atom. The molecule has 0 aliphatic carbocycles. The summed E-state index contributed by atoms with van der Waals surface area (Å²) in [5.74, 6) is 0.342. The van der Waals surface area contributed by atoms with Gasteiger partial charge in [-0.25, -0.2) is 4.39 Å². The average molecular weight is 373 g/mol. The number of hydrogen-bond acceptors (Lipinski definition) is 2. The summed E-state index contributed by atoms with van der Waals surface area (Å²) in [6.45, 7) is 2.69. The molecule has 0 saturated heterocycles. The minimum atomic E-state index is -0.262. The molecule has 0 fully saturated rings. The highest BCUT2D eigenvalue weighted by molar-refractivity contribution is 9.10. The van der Waals surface area contributed by atoms with E-state index < -0.39 is 0 Å². The first-order valence-corrected chi connectivity index (χ1v) is 7.75. The van der Waals surface area contributed by atoms with E-state index >= 15 is 0 Å². The van der Waals surface area contributed by atoms with Crippen LogP contribution in [0.25, 0.3) is 0 Å². The molecule has 0 aromatic heterocycles. The lowest BCUT2D eigenvalue weighted by Gasteiger charge is -2.20. The maximum Gasteiger partial charge on any atom is 0.137 e. The van der Waals surface area contributed by atoms with Crippen LogP contribution in [0.5, 0.6) is 5.75 Å². The predicted octanol–water partition coefficient (Wildman–Crippen LogP) is 4.95. The fourth-order valence-corrected chi connectivity index (χ4v) is 2.81. The van der Waals surface area contributed by atoms with Gasteiger partial charge in [0.1, 0.15) is 11.6 Å². The van der Waals surface area contributed by atoms with Gasteiger partial charge in [0, 0.05) is 10.0 Å². The van der Waals surface area contributed by atoms with E-state index in [0.717, 1.165) is 5.56 Å². The topological polar surface area (TPSA) is 21.3 Å². The predicted molar refractivity (Wildman–Crippen MR) is 87.6 cm³/mol. The SMILES string of the molecule is CCNC(c1ccc(OC)c(Cl)c1)c1ccc(Br)cc1F. The molecular formula is C16H16BrClFNO. The zero-order chi connectivity index (χ0) is 15.4. The van der Waals surface area contributed by atoms with Gasteiger partial charge in [-0.15, -0.1) is 0 Å². The van der Waals surface area contributed by atoms with E-state index in [2.05, 4.69) is 21.2 Å². The molecule has 0 amide bonds. The van der Waals surface area contributed by atoms with Crippen LogP contribution in [0.1, 0.15) is 24.1 Å². The Labute approximate surface area is 137 Å². The summed E-state index contributed by atoms with van der Waals surface area (Å²) in [5, 5.41) is 3.80. The maximum absolute atomic E-state index is 14.2. The zero-order valence-corrected chi connectivity index (χ0v) is 14.1. The van der Waals surface area contributed by atoms with E-state index in [1.165, 1.54) is 6.07 Å². The molecule has 0 spiro atoms. The molecule has 2 rings (SSSR count). The highest BCUT2D eigenvalue weighted by Crippen LogP contribution is 2.32. The molecule has 2 aromatic rings. The molecule has 112 valence electrons. The van der Waals surface area contributed by atoms with E-state index in [4.69, 9.17) is 16.3 Å². The van der Waals surface area contributed by atoms with Gasteiger partial charge in [0.15, 0.2) is 0 Å². The largest absolute Gasteiger partial charge is 0.495 e. The number of hydrogen-bond donors (Lipinski definition) is 1. The molecule has 0 radical (unpaired) electrons. The third-order valence-electron chi connectivity index (χ3n) is 3.19. The molecular weight excluding hydrogens is 357 g/mol. The fourth-order valence-electron chi connectivity index (χ4n) is 2.21. The van der Waals surface area contributed by atoms with Crippen LogP contribution in [0.2, 0.25) is 5.02 Å². The third kappa shape index (κ3) is 3.76. The minimum absolute atomic E-state index is 0.258. The van der Waals surface area contributed by atoms with Crippen molar-refractivity contribution >= 4 is 27.5 Å². The number of benzene rings is 2. The van der Waals surface area contributed by atoms with E-state index in [9.17, 15) is 4.39 Å². The van der Waals surface area contributed by atoms with Crippen LogP contribution in [0, 0.1) is 5.82 Å². The number of rotatable bonds is 5. The molecule has 1 unspecified atom stereocenters. The molecule has 0 aliphatic heterocycles. The first kappa shape index (κ1) is 16.3. The van der Waals surface area contributed by atoms with Crippen molar-refractivity contribution in [3.8, 4) is 5.75 Å². The second-order valence-corrected chi connectivity index (χ2v) is 5.87. The van der Waals surface area contributed by atoms with Crippen molar-refractivity contribution in [2.45, 2.75) is 13.0 Å².